The lowest BCUT2D eigenvalue weighted by Crippen LogP contribution is -2.12. The van der Waals surface area contributed by atoms with Crippen LogP contribution in [-0.2, 0) is 0 Å². The number of aromatic nitrogens is 1. The number of nitrogens with two attached hydrogens (primary N) is 2. The first kappa shape index (κ1) is 9.12. The summed E-state index contributed by atoms with van der Waals surface area (Å²) in [5.74, 6) is 0.934. The van der Waals surface area contributed by atoms with Crippen LogP contribution in [0.15, 0.2) is 12.1 Å². The van der Waals surface area contributed by atoms with E-state index in [-0.39, 0.29) is 0 Å². The minimum atomic E-state index is 0.311. The predicted octanol–water partition coefficient (Wildman–Crippen LogP) is 1.57. The molecular formula is C10H15N3O. The topological polar surface area (TPSA) is 74.2 Å². The number of anilines is 2. The summed E-state index contributed by atoms with van der Waals surface area (Å²) in [4.78, 5) is 4.07. The highest BCUT2D eigenvalue weighted by molar-refractivity contribution is 5.58. The molecule has 14 heavy (non-hydrogen) atoms. The zero-order chi connectivity index (χ0) is 9.97. The SMILES string of the molecule is Nc1ccc(OC2CCCC2)nc1N. The Hall–Kier alpha value is -1.45. The summed E-state index contributed by atoms with van der Waals surface area (Å²) in [6.45, 7) is 0. The summed E-state index contributed by atoms with van der Waals surface area (Å²) >= 11 is 0. The Bertz CT molecular complexity index is 321. The second-order valence-electron chi connectivity index (χ2n) is 3.65. The van der Waals surface area contributed by atoms with Crippen molar-refractivity contribution in [1.29, 1.82) is 0 Å². The van der Waals surface area contributed by atoms with Crippen LogP contribution >= 0.6 is 0 Å². The quantitative estimate of drug-likeness (QED) is 0.747. The van der Waals surface area contributed by atoms with E-state index in [2.05, 4.69) is 4.98 Å². The van der Waals surface area contributed by atoms with Crippen LogP contribution in [0.4, 0.5) is 11.5 Å². The predicted molar refractivity (Wildman–Crippen MR) is 55.9 cm³/mol. The highest BCUT2D eigenvalue weighted by Crippen LogP contribution is 2.24. The Balaban J connectivity index is 2.05. The van der Waals surface area contributed by atoms with Gasteiger partial charge >= 0.3 is 0 Å². The maximum atomic E-state index is 5.66. The summed E-state index contributed by atoms with van der Waals surface area (Å²) in [6.07, 6.45) is 5.04. The third-order valence-corrected chi connectivity index (χ3v) is 2.52. The van der Waals surface area contributed by atoms with Gasteiger partial charge in [0.15, 0.2) is 5.82 Å². The molecule has 4 heteroatoms. The van der Waals surface area contributed by atoms with Crippen LogP contribution in [0.5, 0.6) is 5.88 Å². The average molecular weight is 193 g/mol. The van der Waals surface area contributed by atoms with E-state index in [9.17, 15) is 0 Å². The Morgan fingerprint density at radius 1 is 1.21 bits per heavy atom. The fraction of sp³-hybridized carbons (Fsp3) is 0.500. The molecule has 0 atom stereocenters. The van der Waals surface area contributed by atoms with Crippen molar-refractivity contribution in [3.8, 4) is 5.88 Å². The third-order valence-electron chi connectivity index (χ3n) is 2.52. The molecule has 1 aromatic rings. The molecule has 0 saturated heterocycles. The van der Waals surface area contributed by atoms with E-state index in [1.165, 1.54) is 12.8 Å². The highest BCUT2D eigenvalue weighted by atomic mass is 16.5. The van der Waals surface area contributed by atoms with Crippen molar-refractivity contribution >= 4 is 11.5 Å². The number of ether oxygens (including phenoxy) is 1. The first-order valence-electron chi connectivity index (χ1n) is 4.94. The molecule has 1 fully saturated rings. The lowest BCUT2D eigenvalue weighted by atomic mass is 10.3. The van der Waals surface area contributed by atoms with Crippen LogP contribution < -0.4 is 16.2 Å². The third kappa shape index (κ3) is 1.89. The molecule has 0 aromatic carbocycles. The Morgan fingerprint density at radius 2 is 1.93 bits per heavy atom. The van der Waals surface area contributed by atoms with E-state index >= 15 is 0 Å². The number of pyridine rings is 1. The van der Waals surface area contributed by atoms with Crippen molar-refractivity contribution in [3.63, 3.8) is 0 Å². The first-order valence-corrected chi connectivity index (χ1v) is 4.94. The summed E-state index contributed by atoms with van der Waals surface area (Å²) in [5.41, 5.74) is 11.6. The van der Waals surface area contributed by atoms with Gasteiger partial charge in [-0.15, -0.1) is 0 Å². The molecule has 1 aliphatic rings. The highest BCUT2D eigenvalue weighted by Gasteiger charge is 2.17. The number of hydrogen-bond acceptors (Lipinski definition) is 4. The minimum absolute atomic E-state index is 0.311. The standard InChI is InChI=1S/C10H15N3O/c11-8-5-6-9(13-10(8)12)14-7-3-1-2-4-7/h5-7H,1-4,11H2,(H2,12,13). The number of rotatable bonds is 2. The molecule has 0 amide bonds. The molecule has 1 saturated carbocycles. The number of nitrogens with zero attached hydrogens (tertiary/aromatic N) is 1. The van der Waals surface area contributed by atoms with Gasteiger partial charge in [-0.1, -0.05) is 0 Å². The number of hydrogen-bond donors (Lipinski definition) is 2. The van der Waals surface area contributed by atoms with E-state index in [1.54, 1.807) is 12.1 Å². The molecule has 0 unspecified atom stereocenters. The van der Waals surface area contributed by atoms with Gasteiger partial charge in [0, 0.05) is 6.07 Å². The zero-order valence-corrected chi connectivity index (χ0v) is 8.07. The van der Waals surface area contributed by atoms with Crippen LogP contribution in [0, 0.1) is 0 Å². The van der Waals surface area contributed by atoms with Crippen molar-refractivity contribution in [2.45, 2.75) is 31.8 Å². The van der Waals surface area contributed by atoms with Gasteiger partial charge in [-0.2, -0.15) is 4.98 Å². The van der Waals surface area contributed by atoms with E-state index in [0.717, 1.165) is 12.8 Å². The average Bonchev–Trinajstić information content (AvgIpc) is 2.64. The fourth-order valence-corrected chi connectivity index (χ4v) is 1.71. The van der Waals surface area contributed by atoms with Gasteiger partial charge in [0.05, 0.1) is 5.69 Å². The van der Waals surface area contributed by atoms with Crippen LogP contribution in [0.2, 0.25) is 0 Å². The van der Waals surface area contributed by atoms with Crippen molar-refractivity contribution < 1.29 is 4.74 Å². The molecule has 0 aliphatic heterocycles. The van der Waals surface area contributed by atoms with Gasteiger partial charge in [-0.3, -0.25) is 0 Å². The summed E-state index contributed by atoms with van der Waals surface area (Å²) in [6, 6.07) is 3.50. The Labute approximate surface area is 83.3 Å². The van der Waals surface area contributed by atoms with Crippen molar-refractivity contribution in [2.75, 3.05) is 11.5 Å². The molecular weight excluding hydrogens is 178 g/mol. The van der Waals surface area contributed by atoms with Gasteiger partial charge in [0.1, 0.15) is 6.10 Å². The summed E-state index contributed by atoms with van der Waals surface area (Å²) in [7, 11) is 0. The van der Waals surface area contributed by atoms with Gasteiger partial charge in [0.2, 0.25) is 5.88 Å². The monoisotopic (exact) mass is 193 g/mol. The molecule has 4 N–H and O–H groups in total. The van der Waals surface area contributed by atoms with Gasteiger partial charge in [-0.05, 0) is 31.7 Å². The van der Waals surface area contributed by atoms with Crippen LogP contribution in [-0.4, -0.2) is 11.1 Å². The van der Waals surface area contributed by atoms with Crippen molar-refractivity contribution in [1.82, 2.24) is 4.98 Å². The van der Waals surface area contributed by atoms with E-state index in [4.69, 9.17) is 16.2 Å². The molecule has 0 bridgehead atoms. The Morgan fingerprint density at radius 3 is 2.57 bits per heavy atom. The maximum absolute atomic E-state index is 5.66. The van der Waals surface area contributed by atoms with Gasteiger partial charge < -0.3 is 16.2 Å². The smallest absolute Gasteiger partial charge is 0.215 e. The largest absolute Gasteiger partial charge is 0.474 e. The fourth-order valence-electron chi connectivity index (χ4n) is 1.71. The van der Waals surface area contributed by atoms with Crippen molar-refractivity contribution in [3.05, 3.63) is 12.1 Å². The van der Waals surface area contributed by atoms with Crippen LogP contribution in [0.25, 0.3) is 0 Å². The molecule has 76 valence electrons. The van der Waals surface area contributed by atoms with Gasteiger partial charge in [-0.25, -0.2) is 0 Å². The second-order valence-corrected chi connectivity index (χ2v) is 3.65. The van der Waals surface area contributed by atoms with Gasteiger partial charge in [0.25, 0.3) is 0 Å². The molecule has 1 aromatic heterocycles. The second kappa shape index (κ2) is 3.74. The molecule has 1 heterocycles. The van der Waals surface area contributed by atoms with Crippen molar-refractivity contribution in [2.24, 2.45) is 0 Å². The zero-order valence-electron chi connectivity index (χ0n) is 8.07. The molecule has 4 nitrogen and oxygen atoms in total. The lowest BCUT2D eigenvalue weighted by molar-refractivity contribution is 0.202. The van der Waals surface area contributed by atoms with E-state index < -0.39 is 0 Å². The van der Waals surface area contributed by atoms with Crippen LogP contribution in [0.3, 0.4) is 0 Å². The summed E-state index contributed by atoms with van der Waals surface area (Å²) in [5, 5.41) is 0. The first-order chi connectivity index (χ1) is 6.75. The number of nitrogen functional groups attached to an aromatic ring is 2. The minimum Gasteiger partial charge on any atom is -0.474 e. The maximum Gasteiger partial charge on any atom is 0.215 e. The molecule has 1 aliphatic carbocycles. The van der Waals surface area contributed by atoms with E-state index in [1.807, 2.05) is 0 Å². The lowest BCUT2D eigenvalue weighted by Gasteiger charge is -2.12. The molecule has 0 radical (unpaired) electrons. The molecule has 2 rings (SSSR count). The van der Waals surface area contributed by atoms with E-state index in [0.29, 0.717) is 23.5 Å². The Kier molecular flexibility index (Phi) is 2.43. The molecule has 0 spiro atoms. The van der Waals surface area contributed by atoms with Crippen LogP contribution in [0.1, 0.15) is 25.7 Å². The normalized spacial score (nSPS) is 17.1. The summed E-state index contributed by atoms with van der Waals surface area (Å²) < 4.78 is 5.66.